The molecule has 0 aliphatic carbocycles. The van der Waals surface area contributed by atoms with E-state index in [-0.39, 0.29) is 52.4 Å². The van der Waals surface area contributed by atoms with Gasteiger partial charge in [0.15, 0.2) is 0 Å². The predicted octanol–water partition coefficient (Wildman–Crippen LogP) is 12.2. The molecule has 8 rings (SSSR count). The standard InChI is InChI=1S/C30H39N5O6S2.C19H25N3O3S.C12H17BrN2O3S/c1-19(2)41-29(37)34-22-12-14-24(40-18-22)27-31-17-25(42-27)23-13-11-21(15-26(23)43(38,39)35-30(3,4)5)33-28(36)32-16-20-9-7-6-8-10-20;1-14-10-11-16(12-17(14)26(24,25)22-19(2,3)4)21-18(23)20-13-15-8-6-5-7-9-15;1-7(2)18-12(16)15-8-3-4-9(17-6-8)11-14-5-10(13)19-11/h6-11,13,15,17,19,22,24,35H,12,14,16,18H2,1-5H3,(H,34,37)(H2,32,33,36);5-12,22H,13H2,1-4H3,(H2,20,21,23);5,7-9H,3-4,6H2,1-2H3,(H,15,16)/t22-,24+;;8-,9+/m1.1/s1. The van der Waals surface area contributed by atoms with Gasteiger partial charge in [0, 0.05) is 47.3 Å². The Labute approximate surface area is 533 Å². The summed E-state index contributed by atoms with van der Waals surface area (Å²) < 4.78 is 80.6. The molecule has 6 amide bonds. The molecule has 8 N–H and O–H groups in total. The molecule has 4 aromatic carbocycles. The summed E-state index contributed by atoms with van der Waals surface area (Å²) >= 11 is 6.33. The van der Waals surface area contributed by atoms with E-state index in [9.17, 15) is 36.0 Å². The highest BCUT2D eigenvalue weighted by molar-refractivity contribution is 9.11. The molecule has 2 fully saturated rings. The van der Waals surface area contributed by atoms with Crippen molar-refractivity contribution in [3.8, 4) is 10.4 Å². The largest absolute Gasteiger partial charge is 0.447 e. The van der Waals surface area contributed by atoms with Gasteiger partial charge in [0.05, 0.1) is 62.2 Å². The zero-order valence-electron chi connectivity index (χ0n) is 51.3. The third-order valence-electron chi connectivity index (χ3n) is 12.5. The van der Waals surface area contributed by atoms with Crippen molar-refractivity contribution in [3.63, 3.8) is 0 Å². The fourth-order valence-electron chi connectivity index (χ4n) is 8.74. The fraction of sp³-hybridized carbons (Fsp3) is 0.443. The maximum absolute atomic E-state index is 13.6. The number of nitrogens with one attached hydrogen (secondary N) is 8. The molecule has 27 heteroatoms. The van der Waals surface area contributed by atoms with Gasteiger partial charge in [-0.2, -0.15) is 0 Å². The summed E-state index contributed by atoms with van der Waals surface area (Å²) in [4.78, 5) is 57.7. The van der Waals surface area contributed by atoms with Gasteiger partial charge in [-0.05, 0) is 159 Å². The lowest BCUT2D eigenvalue weighted by atomic mass is 10.1. The molecule has 0 saturated carbocycles. The number of aryl methyl sites for hydroxylation is 1. The number of aromatic nitrogens is 2. The van der Waals surface area contributed by atoms with Crippen molar-refractivity contribution in [2.45, 2.75) is 172 Å². The molecule has 478 valence electrons. The van der Waals surface area contributed by atoms with Crippen LogP contribution in [0.25, 0.3) is 10.4 Å². The maximum atomic E-state index is 13.6. The third-order valence-corrected chi connectivity index (χ3v) is 18.8. The number of sulfonamides is 2. The maximum Gasteiger partial charge on any atom is 0.407 e. The molecule has 2 aliphatic rings. The Morgan fingerprint density at radius 3 is 1.45 bits per heavy atom. The van der Waals surface area contributed by atoms with Crippen LogP contribution in [0.3, 0.4) is 0 Å². The quantitative estimate of drug-likeness (QED) is 0.0421. The second-order valence-electron chi connectivity index (χ2n) is 23.4. The Hall–Kier alpha value is -6.56. The van der Waals surface area contributed by atoms with Crippen molar-refractivity contribution in [3.05, 3.63) is 140 Å². The average molecular weight is 1350 g/mol. The van der Waals surface area contributed by atoms with E-state index in [1.165, 1.54) is 23.5 Å². The van der Waals surface area contributed by atoms with E-state index < -0.39 is 49.3 Å². The van der Waals surface area contributed by atoms with Crippen molar-refractivity contribution in [1.82, 2.24) is 40.7 Å². The van der Waals surface area contributed by atoms with Crippen LogP contribution in [0.15, 0.2) is 123 Å². The zero-order valence-corrected chi connectivity index (χ0v) is 56.2. The lowest BCUT2D eigenvalue weighted by molar-refractivity contribution is -0.00533. The molecule has 2 saturated heterocycles. The van der Waals surface area contributed by atoms with E-state index >= 15 is 0 Å². The summed E-state index contributed by atoms with van der Waals surface area (Å²) in [7, 11) is -7.66. The number of alkyl carbamates (subject to hydrolysis) is 2. The predicted molar refractivity (Wildman–Crippen MR) is 346 cm³/mol. The zero-order chi connectivity index (χ0) is 64.4. The van der Waals surface area contributed by atoms with Crippen LogP contribution in [0.5, 0.6) is 0 Å². The summed E-state index contributed by atoms with van der Waals surface area (Å²) in [6.07, 6.45) is 5.07. The Balaban J connectivity index is 0.000000232. The van der Waals surface area contributed by atoms with Crippen LogP contribution in [-0.4, -0.2) is 99.6 Å². The highest BCUT2D eigenvalue weighted by Crippen LogP contribution is 2.39. The van der Waals surface area contributed by atoms with Gasteiger partial charge in [-0.1, -0.05) is 72.8 Å². The Kier molecular flexibility index (Phi) is 25.9. The minimum absolute atomic E-state index is 0.0194. The highest BCUT2D eigenvalue weighted by Gasteiger charge is 2.31. The van der Waals surface area contributed by atoms with Crippen LogP contribution in [0.4, 0.5) is 30.6 Å². The average Bonchev–Trinajstić information content (AvgIpc) is 1.39. The third kappa shape index (κ3) is 23.8. The second kappa shape index (κ2) is 32.3. The smallest absolute Gasteiger partial charge is 0.407 e. The molecule has 0 spiro atoms. The van der Waals surface area contributed by atoms with Crippen molar-refractivity contribution in [2.75, 3.05) is 23.8 Å². The highest BCUT2D eigenvalue weighted by atomic mass is 79.9. The summed E-state index contributed by atoms with van der Waals surface area (Å²) in [5.41, 5.74) is 2.40. The molecule has 2 aliphatic heterocycles. The number of carbonyl (C=O) groups is 4. The summed E-state index contributed by atoms with van der Waals surface area (Å²) in [6, 6.07) is 27.6. The number of amides is 6. The van der Waals surface area contributed by atoms with Gasteiger partial charge in [0.2, 0.25) is 20.0 Å². The molecule has 0 radical (unpaired) electrons. The molecule has 88 heavy (non-hydrogen) atoms. The molecule has 4 heterocycles. The number of carbonyl (C=O) groups excluding carboxylic acids is 4. The number of nitrogens with zero attached hydrogens (tertiary/aromatic N) is 2. The van der Waals surface area contributed by atoms with Crippen LogP contribution in [-0.2, 0) is 52.1 Å². The Morgan fingerprint density at radius 2 is 1.03 bits per heavy atom. The molecule has 2 aromatic heterocycles. The first-order valence-electron chi connectivity index (χ1n) is 28.6. The SMILES string of the molecule is CC(C)OC(=O)N[C@@H]1CC[C@@H](c2ncc(-c3ccc(NC(=O)NCc4ccccc4)cc3S(=O)(=O)NC(C)(C)C)s2)OC1.CC(C)OC(=O)N[C@@H]1CC[C@@H](c2ncc(Br)s2)OC1.Cc1ccc(NC(=O)NCc2ccccc2)cc1S(=O)(=O)NC(C)(C)C. The second-order valence-corrected chi connectivity index (χ2v) is 30.2. The van der Waals surface area contributed by atoms with Crippen LogP contribution in [0.2, 0.25) is 0 Å². The van der Waals surface area contributed by atoms with Gasteiger partial charge >= 0.3 is 24.2 Å². The molecule has 22 nitrogen and oxygen atoms in total. The molecule has 6 aromatic rings. The van der Waals surface area contributed by atoms with E-state index in [1.807, 2.05) is 74.5 Å². The van der Waals surface area contributed by atoms with Gasteiger partial charge < -0.3 is 50.8 Å². The van der Waals surface area contributed by atoms with E-state index in [2.05, 4.69) is 67.2 Å². The van der Waals surface area contributed by atoms with E-state index in [1.54, 1.807) is 110 Å². The van der Waals surface area contributed by atoms with Crippen molar-refractivity contribution in [1.29, 1.82) is 0 Å². The number of ether oxygens (including phenoxy) is 4. The monoisotopic (exact) mass is 1350 g/mol. The van der Waals surface area contributed by atoms with Crippen LogP contribution in [0, 0.1) is 6.92 Å². The number of rotatable bonds is 17. The number of hydrogen-bond acceptors (Lipinski definition) is 16. The lowest BCUT2D eigenvalue weighted by Gasteiger charge is -2.28. The van der Waals surface area contributed by atoms with E-state index in [0.717, 1.165) is 32.8 Å². The van der Waals surface area contributed by atoms with E-state index in [0.29, 0.717) is 71.5 Å². The van der Waals surface area contributed by atoms with Crippen molar-refractivity contribution >= 4 is 94.3 Å². The van der Waals surface area contributed by atoms with Crippen LogP contribution < -0.4 is 41.3 Å². The molecular weight excluding hydrogens is 1270 g/mol. The first kappa shape index (κ1) is 70.5. The molecular formula is C61H81BrN10O12S4. The minimum Gasteiger partial charge on any atom is -0.447 e. The van der Waals surface area contributed by atoms with Gasteiger partial charge in [0.1, 0.15) is 22.2 Å². The number of thiazole rings is 2. The van der Waals surface area contributed by atoms with Crippen LogP contribution >= 0.6 is 38.6 Å². The Bertz CT molecular complexity index is 3490. The van der Waals surface area contributed by atoms with Crippen LogP contribution in [0.1, 0.15) is 134 Å². The van der Waals surface area contributed by atoms with Gasteiger partial charge in [-0.15, -0.1) is 22.7 Å². The number of hydrogen-bond donors (Lipinski definition) is 8. The normalized spacial score (nSPS) is 17.0. The van der Waals surface area contributed by atoms with Gasteiger partial charge in [0.25, 0.3) is 0 Å². The first-order valence-corrected chi connectivity index (χ1v) is 34.0. The summed E-state index contributed by atoms with van der Waals surface area (Å²) in [5, 5.41) is 18.3. The lowest BCUT2D eigenvalue weighted by Crippen LogP contribution is -2.42. The Morgan fingerprint density at radius 1 is 0.602 bits per heavy atom. The molecule has 0 bridgehead atoms. The number of benzene rings is 4. The van der Waals surface area contributed by atoms with Gasteiger partial charge in [-0.25, -0.2) is 55.4 Å². The summed E-state index contributed by atoms with van der Waals surface area (Å²) in [6.45, 7) is 21.1. The topological polar surface area (TPSA) is 295 Å². The molecule has 0 unspecified atom stereocenters. The number of urea groups is 2. The van der Waals surface area contributed by atoms with Crippen molar-refractivity contribution in [2.24, 2.45) is 0 Å². The van der Waals surface area contributed by atoms with Gasteiger partial charge in [-0.3, -0.25) is 0 Å². The van der Waals surface area contributed by atoms with E-state index in [4.69, 9.17) is 18.9 Å². The minimum atomic E-state index is -3.98. The summed E-state index contributed by atoms with van der Waals surface area (Å²) in [5.74, 6) is 0. The van der Waals surface area contributed by atoms with Crippen molar-refractivity contribution < 1.29 is 55.0 Å². The number of halogens is 1. The fourth-order valence-corrected chi connectivity index (χ4v) is 14.5. The molecule has 4 atom stereocenters. The first-order chi connectivity index (χ1) is 41.4. The number of anilines is 2.